The number of furan rings is 1. The van der Waals surface area contributed by atoms with E-state index in [-0.39, 0.29) is 18.3 Å². The van der Waals surface area contributed by atoms with E-state index in [0.29, 0.717) is 17.7 Å². The van der Waals surface area contributed by atoms with Gasteiger partial charge in [-0.25, -0.2) is 0 Å². The second-order valence-electron chi connectivity index (χ2n) is 8.09. The molecule has 0 saturated carbocycles. The van der Waals surface area contributed by atoms with Crippen LogP contribution in [0.25, 0.3) is 22.1 Å². The van der Waals surface area contributed by atoms with Crippen molar-refractivity contribution in [3.8, 4) is 17.2 Å². The number of rotatable bonds is 4. The molecule has 5 nitrogen and oxygen atoms in total. The molecule has 0 bridgehead atoms. The van der Waals surface area contributed by atoms with Gasteiger partial charge in [0.25, 0.3) is 5.91 Å². The van der Waals surface area contributed by atoms with Crippen molar-refractivity contribution in [1.29, 1.82) is 5.26 Å². The number of amides is 1. The summed E-state index contributed by atoms with van der Waals surface area (Å²) in [5.41, 5.74) is 4.44. The first-order chi connectivity index (χ1) is 15.7. The van der Waals surface area contributed by atoms with Crippen LogP contribution in [0.5, 0.6) is 0 Å². The molecule has 0 aliphatic carbocycles. The molecule has 7 heteroatoms. The van der Waals surface area contributed by atoms with Crippen LogP contribution >= 0.6 is 23.7 Å². The highest BCUT2D eigenvalue weighted by molar-refractivity contribution is 7.08. The lowest BCUT2D eigenvalue weighted by molar-refractivity contribution is 0.0761. The fraction of sp³-hybridized carbons (Fsp3) is 0.231. The third-order valence-electron chi connectivity index (χ3n) is 5.92. The molecule has 0 atom stereocenters. The lowest BCUT2D eigenvalue weighted by Crippen LogP contribution is -2.35. The van der Waals surface area contributed by atoms with Crippen molar-refractivity contribution in [2.45, 2.75) is 13.0 Å². The Bertz CT molecular complexity index is 1290. The van der Waals surface area contributed by atoms with Gasteiger partial charge >= 0.3 is 0 Å². The van der Waals surface area contributed by atoms with Gasteiger partial charge in [0.05, 0.1) is 18.2 Å². The fourth-order valence-electron chi connectivity index (χ4n) is 4.24. The molecule has 1 aliphatic heterocycles. The van der Waals surface area contributed by atoms with Crippen molar-refractivity contribution in [3.63, 3.8) is 0 Å². The van der Waals surface area contributed by atoms with E-state index in [4.69, 9.17) is 9.68 Å². The summed E-state index contributed by atoms with van der Waals surface area (Å²) in [6, 6.07) is 19.6. The smallest absolute Gasteiger partial charge is 0.253 e. The van der Waals surface area contributed by atoms with Crippen molar-refractivity contribution >= 4 is 40.6 Å². The van der Waals surface area contributed by atoms with E-state index in [1.807, 2.05) is 11.0 Å². The van der Waals surface area contributed by atoms with Crippen molar-refractivity contribution in [3.05, 3.63) is 82.2 Å². The van der Waals surface area contributed by atoms with Gasteiger partial charge in [0.1, 0.15) is 11.3 Å². The van der Waals surface area contributed by atoms with Crippen molar-refractivity contribution in [2.75, 3.05) is 26.2 Å². The topological polar surface area (TPSA) is 60.5 Å². The number of fused-ring (bicyclic) bond motifs is 1. The fourth-order valence-corrected chi connectivity index (χ4v) is 4.91. The van der Waals surface area contributed by atoms with Gasteiger partial charge in [-0.3, -0.25) is 9.69 Å². The molecule has 3 heterocycles. The van der Waals surface area contributed by atoms with Crippen LogP contribution in [0.15, 0.2) is 69.8 Å². The first-order valence-electron chi connectivity index (χ1n) is 10.8. The third-order valence-corrected chi connectivity index (χ3v) is 6.60. The molecule has 1 amide bonds. The number of nitrogens with zero attached hydrogens (tertiary/aromatic N) is 3. The minimum absolute atomic E-state index is 0. The molecule has 0 N–H and O–H groups in total. The van der Waals surface area contributed by atoms with Crippen LogP contribution in [-0.4, -0.2) is 41.9 Å². The Hall–Kier alpha value is -3.11. The van der Waals surface area contributed by atoms with Crippen LogP contribution in [0.2, 0.25) is 0 Å². The first-order valence-corrected chi connectivity index (χ1v) is 11.7. The van der Waals surface area contributed by atoms with Crippen LogP contribution in [0.1, 0.15) is 28.1 Å². The van der Waals surface area contributed by atoms with Crippen molar-refractivity contribution in [2.24, 2.45) is 0 Å². The summed E-state index contributed by atoms with van der Waals surface area (Å²) in [6.07, 6.45) is 0.909. The normalized spacial score (nSPS) is 14.5. The quantitative estimate of drug-likeness (QED) is 0.372. The monoisotopic (exact) mass is 477 g/mol. The van der Waals surface area contributed by atoms with Crippen LogP contribution < -0.4 is 0 Å². The van der Waals surface area contributed by atoms with E-state index in [1.165, 1.54) is 11.1 Å². The Morgan fingerprint density at radius 3 is 2.76 bits per heavy atom. The van der Waals surface area contributed by atoms with E-state index < -0.39 is 0 Å². The number of thiophene rings is 1. The van der Waals surface area contributed by atoms with Crippen molar-refractivity contribution in [1.82, 2.24) is 9.80 Å². The average molecular weight is 478 g/mol. The van der Waals surface area contributed by atoms with Gasteiger partial charge in [-0.1, -0.05) is 12.1 Å². The summed E-state index contributed by atoms with van der Waals surface area (Å²) < 4.78 is 6.10. The maximum Gasteiger partial charge on any atom is 0.253 e. The third kappa shape index (κ3) is 5.12. The molecule has 0 radical (unpaired) electrons. The molecule has 33 heavy (non-hydrogen) atoms. The predicted molar refractivity (Wildman–Crippen MR) is 134 cm³/mol. The molecule has 1 saturated heterocycles. The molecule has 1 fully saturated rings. The van der Waals surface area contributed by atoms with Crippen molar-refractivity contribution < 1.29 is 9.21 Å². The number of carbonyl (C=O) groups excluding carboxylic acids is 1. The molecule has 2 aromatic heterocycles. The zero-order chi connectivity index (χ0) is 21.9. The molecule has 168 valence electrons. The summed E-state index contributed by atoms with van der Waals surface area (Å²) in [7, 11) is 0. The zero-order valence-electron chi connectivity index (χ0n) is 18.1. The molecule has 4 aromatic rings. The maximum absolute atomic E-state index is 12.9. The van der Waals surface area contributed by atoms with Gasteiger partial charge in [-0.15, -0.1) is 12.4 Å². The van der Waals surface area contributed by atoms with Crippen LogP contribution in [0.4, 0.5) is 0 Å². The Balaban J connectivity index is 0.00000259. The SMILES string of the molecule is Cl.N#Cc1cccc(C(=O)N2CCCN(Cc3cc4cc(-c5ccsc5)ccc4o3)CC2)c1. The van der Waals surface area contributed by atoms with Gasteiger partial charge in [-0.2, -0.15) is 16.6 Å². The molecular weight excluding hydrogens is 454 g/mol. The zero-order valence-corrected chi connectivity index (χ0v) is 19.7. The largest absolute Gasteiger partial charge is 0.460 e. The van der Waals surface area contributed by atoms with Gasteiger partial charge in [-0.05, 0) is 70.8 Å². The molecule has 0 spiro atoms. The molecule has 5 rings (SSSR count). The minimum atomic E-state index is -0.00588. The Labute approximate surface area is 203 Å². The summed E-state index contributed by atoms with van der Waals surface area (Å²) in [5.74, 6) is 0.942. The van der Waals surface area contributed by atoms with E-state index in [2.05, 4.69) is 46.0 Å². The van der Waals surface area contributed by atoms with Crippen LogP contribution in [0, 0.1) is 11.3 Å². The average Bonchev–Trinajstić information content (AvgIpc) is 3.44. The van der Waals surface area contributed by atoms with E-state index in [1.54, 1.807) is 35.6 Å². The molecular formula is C26H24ClN3O2S. The number of nitriles is 1. The highest BCUT2D eigenvalue weighted by Gasteiger charge is 2.21. The van der Waals surface area contributed by atoms with Crippen LogP contribution in [-0.2, 0) is 6.54 Å². The lowest BCUT2D eigenvalue weighted by atomic mass is 10.1. The van der Waals surface area contributed by atoms with E-state index in [9.17, 15) is 4.79 Å². The molecule has 1 aliphatic rings. The highest BCUT2D eigenvalue weighted by atomic mass is 35.5. The van der Waals surface area contributed by atoms with Crippen LogP contribution in [0.3, 0.4) is 0 Å². The second-order valence-corrected chi connectivity index (χ2v) is 8.87. The standard InChI is InChI=1S/C26H23N3O2S.ClH/c27-16-19-3-1-4-21(13-19)26(30)29-9-2-8-28(10-11-29)17-24-15-23-14-20(5-6-25(23)31-24)22-7-12-32-18-22;/h1,3-7,12-15,18H,2,8-11,17H2;1H. The molecule has 0 unspecified atom stereocenters. The molecule has 2 aromatic carbocycles. The number of benzene rings is 2. The number of hydrogen-bond donors (Lipinski definition) is 0. The number of halogens is 1. The maximum atomic E-state index is 12.9. The predicted octanol–water partition coefficient (Wildman–Crippen LogP) is 5.80. The highest BCUT2D eigenvalue weighted by Crippen LogP contribution is 2.28. The Morgan fingerprint density at radius 1 is 1.03 bits per heavy atom. The number of hydrogen-bond acceptors (Lipinski definition) is 5. The first kappa shape index (κ1) is 23.1. The van der Waals surface area contributed by atoms with Gasteiger partial charge in [0, 0.05) is 37.1 Å². The summed E-state index contributed by atoms with van der Waals surface area (Å²) in [4.78, 5) is 17.1. The Kier molecular flexibility index (Phi) is 7.14. The van der Waals surface area contributed by atoms with E-state index in [0.717, 1.165) is 49.3 Å². The summed E-state index contributed by atoms with van der Waals surface area (Å²) >= 11 is 1.70. The van der Waals surface area contributed by atoms with Gasteiger partial charge < -0.3 is 9.32 Å². The Morgan fingerprint density at radius 2 is 1.94 bits per heavy atom. The number of carbonyl (C=O) groups is 1. The minimum Gasteiger partial charge on any atom is -0.460 e. The van der Waals surface area contributed by atoms with Gasteiger partial charge in [0.15, 0.2) is 0 Å². The summed E-state index contributed by atoms with van der Waals surface area (Å²) in [6.45, 7) is 3.82. The van der Waals surface area contributed by atoms with Gasteiger partial charge in [0.2, 0.25) is 0 Å². The van der Waals surface area contributed by atoms with E-state index >= 15 is 0 Å². The summed E-state index contributed by atoms with van der Waals surface area (Å²) in [5, 5.41) is 14.5. The second kappa shape index (κ2) is 10.2. The lowest BCUT2D eigenvalue weighted by Gasteiger charge is -2.21.